The van der Waals surface area contributed by atoms with E-state index in [1.165, 1.54) is 24.0 Å². The van der Waals surface area contributed by atoms with Crippen molar-refractivity contribution >= 4 is 22.4 Å². The smallest absolute Gasteiger partial charge is 0.153 e. The Balaban J connectivity index is 1.73. The third kappa shape index (κ3) is 2.24. The Labute approximate surface area is 131 Å². The molecular formula is C18H22N4. The lowest BCUT2D eigenvalue weighted by molar-refractivity contribution is 0.258. The van der Waals surface area contributed by atoms with Crippen molar-refractivity contribution in [1.29, 1.82) is 0 Å². The second-order valence-corrected chi connectivity index (χ2v) is 6.02. The van der Waals surface area contributed by atoms with Crippen LogP contribution in [0.2, 0.25) is 0 Å². The van der Waals surface area contributed by atoms with Gasteiger partial charge in [0.1, 0.15) is 0 Å². The zero-order chi connectivity index (χ0) is 14.9. The van der Waals surface area contributed by atoms with Crippen molar-refractivity contribution in [2.24, 2.45) is 0 Å². The standard InChI is InChI=1S/C18H22N4/c1-2-9-20-11-13-21(14-12-20)18-17-8-5-10-22(17)16-7-4-3-6-15(16)19-18/h3-8,10H,2,9,11-14H2,1H3. The van der Waals surface area contributed by atoms with Gasteiger partial charge in [-0.3, -0.25) is 4.90 Å². The predicted molar refractivity (Wildman–Crippen MR) is 91.6 cm³/mol. The summed E-state index contributed by atoms with van der Waals surface area (Å²) in [4.78, 5) is 9.94. The van der Waals surface area contributed by atoms with Gasteiger partial charge in [0.05, 0.1) is 16.6 Å². The van der Waals surface area contributed by atoms with Crippen LogP contribution in [0.15, 0.2) is 42.6 Å². The molecule has 0 aliphatic carbocycles. The number of piperazine rings is 1. The lowest BCUT2D eigenvalue weighted by Crippen LogP contribution is -2.47. The minimum absolute atomic E-state index is 1.06. The van der Waals surface area contributed by atoms with Gasteiger partial charge < -0.3 is 9.30 Å². The fourth-order valence-corrected chi connectivity index (χ4v) is 3.44. The molecule has 4 heteroatoms. The number of anilines is 1. The minimum Gasteiger partial charge on any atom is -0.352 e. The molecule has 4 rings (SSSR count). The highest BCUT2D eigenvalue weighted by molar-refractivity contribution is 5.85. The van der Waals surface area contributed by atoms with Crippen molar-refractivity contribution in [3.63, 3.8) is 0 Å². The molecule has 2 aromatic heterocycles. The molecule has 0 unspecified atom stereocenters. The van der Waals surface area contributed by atoms with Gasteiger partial charge in [0, 0.05) is 32.4 Å². The first-order valence-electron chi connectivity index (χ1n) is 8.20. The fourth-order valence-electron chi connectivity index (χ4n) is 3.44. The molecule has 0 atom stereocenters. The van der Waals surface area contributed by atoms with Crippen LogP contribution in [0.1, 0.15) is 13.3 Å². The Bertz CT molecular complexity index is 784. The number of benzene rings is 1. The van der Waals surface area contributed by atoms with Gasteiger partial charge in [-0.2, -0.15) is 0 Å². The van der Waals surface area contributed by atoms with Crippen molar-refractivity contribution in [2.75, 3.05) is 37.6 Å². The van der Waals surface area contributed by atoms with E-state index < -0.39 is 0 Å². The van der Waals surface area contributed by atoms with Crippen LogP contribution in [0.4, 0.5) is 5.82 Å². The Morgan fingerprint density at radius 3 is 2.55 bits per heavy atom. The zero-order valence-electron chi connectivity index (χ0n) is 13.1. The summed E-state index contributed by atoms with van der Waals surface area (Å²) in [5.74, 6) is 1.12. The number of hydrogen-bond acceptors (Lipinski definition) is 3. The van der Waals surface area contributed by atoms with Crippen molar-refractivity contribution in [1.82, 2.24) is 14.3 Å². The molecule has 4 nitrogen and oxygen atoms in total. The summed E-state index contributed by atoms with van der Waals surface area (Å²) in [5, 5.41) is 0. The number of para-hydroxylation sites is 2. The van der Waals surface area contributed by atoms with Gasteiger partial charge in [0.25, 0.3) is 0 Å². The topological polar surface area (TPSA) is 23.8 Å². The molecule has 114 valence electrons. The second kappa shape index (κ2) is 5.61. The summed E-state index contributed by atoms with van der Waals surface area (Å²) in [6.45, 7) is 7.85. The molecule has 0 spiro atoms. The molecule has 1 saturated heterocycles. The largest absolute Gasteiger partial charge is 0.352 e. The maximum absolute atomic E-state index is 4.96. The molecule has 3 heterocycles. The van der Waals surface area contributed by atoms with Crippen LogP contribution in [0.5, 0.6) is 0 Å². The first-order valence-corrected chi connectivity index (χ1v) is 8.20. The summed E-state index contributed by atoms with van der Waals surface area (Å²) in [7, 11) is 0. The second-order valence-electron chi connectivity index (χ2n) is 6.02. The minimum atomic E-state index is 1.06. The molecular weight excluding hydrogens is 272 g/mol. The van der Waals surface area contributed by atoms with Crippen LogP contribution in [0.3, 0.4) is 0 Å². The summed E-state index contributed by atoms with van der Waals surface area (Å²) in [6, 6.07) is 12.7. The maximum atomic E-state index is 4.96. The molecule has 0 saturated carbocycles. The Kier molecular flexibility index (Phi) is 3.47. The Hall–Kier alpha value is -2.07. The van der Waals surface area contributed by atoms with Gasteiger partial charge in [0.2, 0.25) is 0 Å². The predicted octanol–water partition coefficient (Wildman–Crippen LogP) is 3.02. The van der Waals surface area contributed by atoms with Gasteiger partial charge in [-0.15, -0.1) is 0 Å². The molecule has 0 N–H and O–H groups in total. The Morgan fingerprint density at radius 1 is 0.955 bits per heavy atom. The third-order valence-corrected chi connectivity index (χ3v) is 4.56. The van der Waals surface area contributed by atoms with Crippen LogP contribution in [0, 0.1) is 0 Å². The SMILES string of the molecule is CCCN1CCN(c2nc3ccccc3n3cccc23)CC1. The van der Waals surface area contributed by atoms with Crippen LogP contribution < -0.4 is 4.90 Å². The van der Waals surface area contributed by atoms with Crippen LogP contribution in [-0.2, 0) is 0 Å². The quantitative estimate of drug-likeness (QED) is 0.742. The van der Waals surface area contributed by atoms with Crippen molar-refractivity contribution in [3.05, 3.63) is 42.6 Å². The van der Waals surface area contributed by atoms with Crippen molar-refractivity contribution < 1.29 is 0 Å². The van der Waals surface area contributed by atoms with E-state index in [4.69, 9.17) is 4.98 Å². The first-order chi connectivity index (χ1) is 10.9. The van der Waals surface area contributed by atoms with E-state index in [1.54, 1.807) is 0 Å². The van der Waals surface area contributed by atoms with E-state index in [1.807, 2.05) is 0 Å². The van der Waals surface area contributed by atoms with Gasteiger partial charge in [-0.1, -0.05) is 19.1 Å². The molecule has 0 bridgehead atoms. The van der Waals surface area contributed by atoms with Gasteiger partial charge in [0.15, 0.2) is 5.82 Å². The average molecular weight is 294 g/mol. The van der Waals surface area contributed by atoms with Crippen molar-refractivity contribution in [3.8, 4) is 0 Å². The number of nitrogens with zero attached hydrogens (tertiary/aromatic N) is 4. The molecule has 1 fully saturated rings. The molecule has 1 aliphatic rings. The fraction of sp³-hybridized carbons (Fsp3) is 0.389. The highest BCUT2D eigenvalue weighted by Gasteiger charge is 2.20. The lowest BCUT2D eigenvalue weighted by atomic mass is 10.2. The summed E-state index contributed by atoms with van der Waals surface area (Å²) < 4.78 is 2.26. The van der Waals surface area contributed by atoms with E-state index in [0.29, 0.717) is 0 Å². The Morgan fingerprint density at radius 2 is 1.73 bits per heavy atom. The summed E-state index contributed by atoms with van der Waals surface area (Å²) >= 11 is 0. The highest BCUT2D eigenvalue weighted by Crippen LogP contribution is 2.26. The van der Waals surface area contributed by atoms with E-state index >= 15 is 0 Å². The van der Waals surface area contributed by atoms with Crippen LogP contribution >= 0.6 is 0 Å². The number of rotatable bonds is 3. The summed E-state index contributed by atoms with van der Waals surface area (Å²) in [6.07, 6.45) is 3.37. The van der Waals surface area contributed by atoms with E-state index in [0.717, 1.165) is 37.5 Å². The molecule has 0 amide bonds. The molecule has 3 aromatic rings. The zero-order valence-corrected chi connectivity index (χ0v) is 13.1. The van der Waals surface area contributed by atoms with Crippen molar-refractivity contribution in [2.45, 2.75) is 13.3 Å². The average Bonchev–Trinajstić information content (AvgIpc) is 3.05. The van der Waals surface area contributed by atoms with E-state index in [-0.39, 0.29) is 0 Å². The molecule has 22 heavy (non-hydrogen) atoms. The van der Waals surface area contributed by atoms with Gasteiger partial charge in [-0.05, 0) is 37.2 Å². The number of fused-ring (bicyclic) bond motifs is 3. The van der Waals surface area contributed by atoms with Gasteiger partial charge >= 0.3 is 0 Å². The van der Waals surface area contributed by atoms with Crippen LogP contribution in [-0.4, -0.2) is 47.0 Å². The third-order valence-electron chi connectivity index (χ3n) is 4.56. The summed E-state index contributed by atoms with van der Waals surface area (Å²) in [5.41, 5.74) is 3.45. The maximum Gasteiger partial charge on any atom is 0.153 e. The monoisotopic (exact) mass is 294 g/mol. The molecule has 1 aliphatic heterocycles. The first kappa shape index (κ1) is 13.6. The molecule has 1 aromatic carbocycles. The highest BCUT2D eigenvalue weighted by atomic mass is 15.3. The number of aromatic nitrogens is 2. The number of hydrogen-bond donors (Lipinski definition) is 0. The lowest BCUT2D eigenvalue weighted by Gasteiger charge is -2.35. The van der Waals surface area contributed by atoms with E-state index in [2.05, 4.69) is 63.7 Å². The molecule has 0 radical (unpaired) electrons. The normalized spacial score (nSPS) is 16.7. The van der Waals surface area contributed by atoms with Gasteiger partial charge in [-0.25, -0.2) is 4.98 Å². The van der Waals surface area contributed by atoms with Crippen LogP contribution in [0.25, 0.3) is 16.6 Å². The van der Waals surface area contributed by atoms with E-state index in [9.17, 15) is 0 Å².